The summed E-state index contributed by atoms with van der Waals surface area (Å²) in [5, 5.41) is 11.5. The van der Waals surface area contributed by atoms with E-state index < -0.39 is 22.2 Å². The van der Waals surface area contributed by atoms with Crippen LogP contribution in [0, 0.1) is 17.0 Å². The molecule has 0 aliphatic carbocycles. The number of nitrogens with zero attached hydrogens (tertiary/aromatic N) is 1. The molecule has 7 heteroatoms. The number of hydrogen-bond donors (Lipinski definition) is 0. The molecule has 2 aromatic rings. The molecule has 0 unspecified atom stereocenters. The fraction of sp³-hybridized carbons (Fsp3) is 0.167. The summed E-state index contributed by atoms with van der Waals surface area (Å²) in [6.07, 6.45) is 0. The molecule has 19 heavy (non-hydrogen) atoms. The lowest BCUT2D eigenvalue weighted by molar-refractivity contribution is -0.384. The van der Waals surface area contributed by atoms with Crippen molar-refractivity contribution in [3.63, 3.8) is 0 Å². The summed E-state index contributed by atoms with van der Waals surface area (Å²) in [5.41, 5.74) is -0.890. The number of hydrogen-bond acceptors (Lipinski definition) is 6. The Morgan fingerprint density at radius 3 is 2.68 bits per heavy atom. The van der Waals surface area contributed by atoms with E-state index in [0.29, 0.717) is 10.9 Å². The number of carbonyl (C=O) groups excluding carboxylic acids is 1. The van der Waals surface area contributed by atoms with Gasteiger partial charge in [-0.1, -0.05) is 0 Å². The minimum absolute atomic E-state index is 0.200. The van der Waals surface area contributed by atoms with Gasteiger partial charge in [0.15, 0.2) is 0 Å². The molecule has 98 valence electrons. The maximum atomic E-state index is 11.3. The van der Waals surface area contributed by atoms with E-state index in [1.807, 2.05) is 0 Å². The Labute approximate surface area is 106 Å². The Bertz CT molecular complexity index is 746. The number of esters is 1. The van der Waals surface area contributed by atoms with Gasteiger partial charge in [0.05, 0.1) is 4.92 Å². The van der Waals surface area contributed by atoms with Crippen LogP contribution < -0.4 is 10.4 Å². The van der Waals surface area contributed by atoms with E-state index in [0.717, 1.165) is 6.92 Å². The molecule has 1 aromatic heterocycles. The number of ether oxygens (including phenoxy) is 1. The lowest BCUT2D eigenvalue weighted by atomic mass is 10.1. The highest BCUT2D eigenvalue weighted by Gasteiger charge is 2.24. The van der Waals surface area contributed by atoms with Crippen molar-refractivity contribution in [2.24, 2.45) is 0 Å². The van der Waals surface area contributed by atoms with Gasteiger partial charge in [0.25, 0.3) is 0 Å². The third-order valence-electron chi connectivity index (χ3n) is 2.49. The minimum atomic E-state index is -0.747. The maximum absolute atomic E-state index is 11.3. The third-order valence-corrected chi connectivity index (χ3v) is 2.49. The van der Waals surface area contributed by atoms with E-state index in [9.17, 15) is 19.7 Å². The first-order chi connectivity index (χ1) is 8.90. The Balaban J connectivity index is 2.87. The fourth-order valence-corrected chi connectivity index (χ4v) is 1.76. The highest BCUT2D eigenvalue weighted by molar-refractivity contribution is 5.91. The maximum Gasteiger partial charge on any atom is 0.354 e. The van der Waals surface area contributed by atoms with Crippen LogP contribution in [0.15, 0.2) is 27.4 Å². The number of aryl methyl sites for hydroxylation is 1. The van der Waals surface area contributed by atoms with Crippen molar-refractivity contribution in [1.82, 2.24) is 0 Å². The second kappa shape index (κ2) is 4.52. The molecule has 0 bridgehead atoms. The summed E-state index contributed by atoms with van der Waals surface area (Å²) in [7, 11) is 0. The highest BCUT2D eigenvalue weighted by Crippen LogP contribution is 2.35. The van der Waals surface area contributed by atoms with Crippen molar-refractivity contribution in [3.05, 3.63) is 44.3 Å². The molecule has 0 N–H and O–H groups in total. The van der Waals surface area contributed by atoms with Crippen LogP contribution in [-0.2, 0) is 4.79 Å². The number of nitro benzene ring substituents is 1. The predicted molar refractivity (Wildman–Crippen MR) is 65.2 cm³/mol. The number of benzene rings is 1. The molecule has 0 aliphatic rings. The Kier molecular flexibility index (Phi) is 3.04. The summed E-state index contributed by atoms with van der Waals surface area (Å²) in [6, 6.07) is 4.03. The van der Waals surface area contributed by atoms with Crippen LogP contribution in [-0.4, -0.2) is 10.9 Å². The topological polar surface area (TPSA) is 99.7 Å². The van der Waals surface area contributed by atoms with Crippen molar-refractivity contribution < 1.29 is 18.9 Å². The molecule has 1 heterocycles. The van der Waals surface area contributed by atoms with Crippen molar-refractivity contribution >= 4 is 22.6 Å². The van der Waals surface area contributed by atoms with E-state index in [4.69, 9.17) is 9.15 Å². The van der Waals surface area contributed by atoms with E-state index in [1.165, 1.54) is 18.2 Å². The molecule has 0 saturated heterocycles. The SMILES string of the molecule is CC(=O)Oc1ccc2c(C)cc(=O)oc2c1[N+](=O)[O-]. The Hall–Kier alpha value is -2.70. The van der Waals surface area contributed by atoms with Gasteiger partial charge in [0, 0.05) is 18.4 Å². The first-order valence-electron chi connectivity index (χ1n) is 5.30. The fourth-order valence-electron chi connectivity index (χ4n) is 1.76. The molecular weight excluding hydrogens is 254 g/mol. The Morgan fingerprint density at radius 1 is 1.42 bits per heavy atom. The average Bonchev–Trinajstić information content (AvgIpc) is 2.26. The summed E-state index contributed by atoms with van der Waals surface area (Å²) in [4.78, 5) is 32.6. The summed E-state index contributed by atoms with van der Waals surface area (Å²) >= 11 is 0. The van der Waals surface area contributed by atoms with Gasteiger partial charge in [-0.25, -0.2) is 4.79 Å². The highest BCUT2D eigenvalue weighted by atomic mass is 16.6. The van der Waals surface area contributed by atoms with Gasteiger partial charge in [-0.15, -0.1) is 0 Å². The van der Waals surface area contributed by atoms with Crippen molar-refractivity contribution in [3.8, 4) is 5.75 Å². The smallest absolute Gasteiger partial charge is 0.354 e. The van der Waals surface area contributed by atoms with E-state index in [1.54, 1.807) is 6.92 Å². The summed E-state index contributed by atoms with van der Waals surface area (Å²) < 4.78 is 9.62. The van der Waals surface area contributed by atoms with Crippen LogP contribution in [0.1, 0.15) is 12.5 Å². The van der Waals surface area contributed by atoms with Gasteiger partial charge >= 0.3 is 17.3 Å². The molecule has 1 aromatic carbocycles. The number of carbonyl (C=O) groups is 1. The van der Waals surface area contributed by atoms with Gasteiger partial charge in [-0.3, -0.25) is 14.9 Å². The van der Waals surface area contributed by atoms with Gasteiger partial charge in [0.1, 0.15) is 0 Å². The molecule has 0 saturated carbocycles. The molecule has 2 rings (SSSR count). The first-order valence-corrected chi connectivity index (χ1v) is 5.30. The predicted octanol–water partition coefficient (Wildman–Crippen LogP) is 1.93. The minimum Gasteiger partial charge on any atom is -0.419 e. The molecule has 0 radical (unpaired) electrons. The lowest BCUT2D eigenvalue weighted by Gasteiger charge is -2.05. The molecule has 0 atom stereocenters. The van der Waals surface area contributed by atoms with Crippen molar-refractivity contribution in [2.45, 2.75) is 13.8 Å². The first kappa shape index (κ1) is 12.7. The van der Waals surface area contributed by atoms with E-state index in [-0.39, 0.29) is 11.3 Å². The van der Waals surface area contributed by atoms with Crippen LogP contribution in [0.2, 0.25) is 0 Å². The zero-order valence-corrected chi connectivity index (χ0v) is 10.1. The van der Waals surface area contributed by atoms with Crippen molar-refractivity contribution in [1.29, 1.82) is 0 Å². The second-order valence-electron chi connectivity index (χ2n) is 3.89. The standard InChI is InChI=1S/C12H9NO6/c1-6-5-10(15)19-12-8(6)3-4-9(18-7(2)14)11(12)13(16)17/h3-5H,1-2H3. The molecule has 0 spiro atoms. The molecule has 0 amide bonds. The van der Waals surface area contributed by atoms with Gasteiger partial charge in [-0.05, 0) is 24.6 Å². The summed E-state index contributed by atoms with van der Waals surface area (Å²) in [5.74, 6) is -0.948. The van der Waals surface area contributed by atoms with Gasteiger partial charge < -0.3 is 9.15 Å². The molecule has 7 nitrogen and oxygen atoms in total. The van der Waals surface area contributed by atoms with Gasteiger partial charge in [-0.2, -0.15) is 0 Å². The second-order valence-corrected chi connectivity index (χ2v) is 3.89. The zero-order valence-electron chi connectivity index (χ0n) is 10.1. The lowest BCUT2D eigenvalue weighted by Crippen LogP contribution is -2.06. The van der Waals surface area contributed by atoms with E-state index >= 15 is 0 Å². The Morgan fingerprint density at radius 2 is 2.11 bits per heavy atom. The van der Waals surface area contributed by atoms with Gasteiger partial charge in [0.2, 0.25) is 11.3 Å². The van der Waals surface area contributed by atoms with Crippen LogP contribution in [0.3, 0.4) is 0 Å². The van der Waals surface area contributed by atoms with E-state index in [2.05, 4.69) is 0 Å². The molecule has 0 fully saturated rings. The number of nitro groups is 1. The third kappa shape index (κ3) is 2.30. The molecule has 0 aliphatic heterocycles. The van der Waals surface area contributed by atoms with Crippen molar-refractivity contribution in [2.75, 3.05) is 0 Å². The quantitative estimate of drug-likeness (QED) is 0.270. The normalized spacial score (nSPS) is 10.4. The monoisotopic (exact) mass is 263 g/mol. The number of rotatable bonds is 2. The summed E-state index contributed by atoms with van der Waals surface area (Å²) in [6.45, 7) is 2.76. The number of fused-ring (bicyclic) bond motifs is 1. The average molecular weight is 263 g/mol. The zero-order chi connectivity index (χ0) is 14.2. The van der Waals surface area contributed by atoms with Crippen LogP contribution in [0.5, 0.6) is 5.75 Å². The molecular formula is C12H9NO6. The van der Waals surface area contributed by atoms with Crippen LogP contribution >= 0.6 is 0 Å². The largest absolute Gasteiger partial charge is 0.419 e. The van der Waals surface area contributed by atoms with Crippen LogP contribution in [0.4, 0.5) is 5.69 Å². The van der Waals surface area contributed by atoms with Crippen LogP contribution in [0.25, 0.3) is 11.0 Å².